The van der Waals surface area contributed by atoms with E-state index in [1.54, 1.807) is 0 Å². The van der Waals surface area contributed by atoms with E-state index in [9.17, 15) is 4.79 Å². The molecule has 18 heavy (non-hydrogen) atoms. The minimum absolute atomic E-state index is 0.201. The standard InChI is InChI=1S/C13H11N3O2/c1-2-11-8-14-16-12(11)15-13(17)18-9-10-6-4-3-5-7-10/h1,3-8H,9H2,(H2,14,15,16,17). The van der Waals surface area contributed by atoms with E-state index < -0.39 is 6.09 Å². The summed E-state index contributed by atoms with van der Waals surface area (Å²) in [6, 6.07) is 9.39. The van der Waals surface area contributed by atoms with Crippen molar-refractivity contribution in [3.05, 3.63) is 47.7 Å². The molecule has 1 aromatic heterocycles. The number of amides is 1. The van der Waals surface area contributed by atoms with E-state index in [1.807, 2.05) is 30.3 Å². The minimum Gasteiger partial charge on any atom is -0.444 e. The number of hydrogen-bond acceptors (Lipinski definition) is 3. The SMILES string of the molecule is C#Cc1cn[nH]c1NC(=O)OCc1ccccc1. The Hall–Kier alpha value is -2.74. The van der Waals surface area contributed by atoms with E-state index in [0.717, 1.165) is 5.56 Å². The lowest BCUT2D eigenvalue weighted by Gasteiger charge is -2.05. The number of ether oxygens (including phenoxy) is 1. The van der Waals surface area contributed by atoms with Gasteiger partial charge < -0.3 is 4.74 Å². The molecule has 0 aliphatic heterocycles. The van der Waals surface area contributed by atoms with Crippen LogP contribution in [0.15, 0.2) is 36.5 Å². The monoisotopic (exact) mass is 241 g/mol. The highest BCUT2D eigenvalue weighted by atomic mass is 16.5. The fraction of sp³-hybridized carbons (Fsp3) is 0.0769. The molecule has 5 nitrogen and oxygen atoms in total. The Kier molecular flexibility index (Phi) is 3.62. The summed E-state index contributed by atoms with van der Waals surface area (Å²) >= 11 is 0. The summed E-state index contributed by atoms with van der Waals surface area (Å²) in [5.74, 6) is 2.75. The molecule has 0 saturated heterocycles. The van der Waals surface area contributed by atoms with Crippen LogP contribution < -0.4 is 5.32 Å². The molecule has 0 bridgehead atoms. The molecular weight excluding hydrogens is 230 g/mol. The zero-order chi connectivity index (χ0) is 12.8. The van der Waals surface area contributed by atoms with Crippen LogP contribution in [0.25, 0.3) is 0 Å². The highest BCUT2D eigenvalue weighted by molar-refractivity contribution is 5.84. The van der Waals surface area contributed by atoms with Crippen LogP contribution in [0.2, 0.25) is 0 Å². The topological polar surface area (TPSA) is 67.0 Å². The number of hydrogen-bond donors (Lipinski definition) is 2. The number of benzene rings is 1. The second-order valence-corrected chi connectivity index (χ2v) is 3.49. The van der Waals surface area contributed by atoms with Crippen LogP contribution in [-0.4, -0.2) is 16.3 Å². The molecule has 2 N–H and O–H groups in total. The van der Waals surface area contributed by atoms with Gasteiger partial charge in [0, 0.05) is 0 Å². The molecule has 1 amide bonds. The molecule has 0 aliphatic carbocycles. The van der Waals surface area contributed by atoms with E-state index in [0.29, 0.717) is 11.4 Å². The van der Waals surface area contributed by atoms with E-state index in [4.69, 9.17) is 11.2 Å². The van der Waals surface area contributed by atoms with Gasteiger partial charge in [-0.3, -0.25) is 10.4 Å². The maximum atomic E-state index is 11.5. The summed E-state index contributed by atoms with van der Waals surface area (Å²) in [4.78, 5) is 11.5. The largest absolute Gasteiger partial charge is 0.444 e. The first kappa shape index (κ1) is 11.7. The number of nitrogens with zero attached hydrogens (tertiary/aromatic N) is 1. The molecule has 0 fully saturated rings. The molecule has 1 heterocycles. The van der Waals surface area contributed by atoms with Gasteiger partial charge in [-0.2, -0.15) is 5.10 Å². The maximum absolute atomic E-state index is 11.5. The third kappa shape index (κ3) is 2.89. The fourth-order valence-corrected chi connectivity index (χ4v) is 1.35. The number of aromatic nitrogens is 2. The van der Waals surface area contributed by atoms with Gasteiger partial charge >= 0.3 is 6.09 Å². The number of carbonyl (C=O) groups excluding carboxylic acids is 1. The molecule has 5 heteroatoms. The van der Waals surface area contributed by atoms with Gasteiger partial charge in [-0.05, 0) is 5.56 Å². The summed E-state index contributed by atoms with van der Waals surface area (Å²) in [6.07, 6.45) is 6.10. The number of nitrogens with one attached hydrogen (secondary N) is 2. The van der Waals surface area contributed by atoms with Gasteiger partial charge in [0.1, 0.15) is 12.4 Å². The quantitative estimate of drug-likeness (QED) is 0.809. The van der Waals surface area contributed by atoms with Crippen LogP contribution in [-0.2, 0) is 11.3 Å². The van der Waals surface area contributed by atoms with Crippen molar-refractivity contribution in [2.45, 2.75) is 6.61 Å². The summed E-state index contributed by atoms with van der Waals surface area (Å²) < 4.78 is 5.03. The van der Waals surface area contributed by atoms with Crippen molar-refractivity contribution in [2.75, 3.05) is 5.32 Å². The first-order chi connectivity index (χ1) is 8.79. The first-order valence-corrected chi connectivity index (χ1v) is 5.27. The summed E-state index contributed by atoms with van der Waals surface area (Å²) in [5.41, 5.74) is 1.39. The molecule has 2 aromatic rings. The fourth-order valence-electron chi connectivity index (χ4n) is 1.35. The molecule has 1 aromatic carbocycles. The number of H-pyrrole nitrogens is 1. The second-order valence-electron chi connectivity index (χ2n) is 3.49. The summed E-state index contributed by atoms with van der Waals surface area (Å²) in [6.45, 7) is 0.201. The lowest BCUT2D eigenvalue weighted by Crippen LogP contribution is -2.14. The third-order valence-corrected chi connectivity index (χ3v) is 2.23. The highest BCUT2D eigenvalue weighted by Gasteiger charge is 2.08. The van der Waals surface area contributed by atoms with Crippen molar-refractivity contribution in [2.24, 2.45) is 0 Å². The van der Waals surface area contributed by atoms with Crippen LogP contribution in [0.5, 0.6) is 0 Å². The molecular formula is C13H11N3O2. The predicted molar refractivity (Wildman–Crippen MR) is 66.8 cm³/mol. The number of rotatable bonds is 3. The van der Waals surface area contributed by atoms with Crippen LogP contribution in [0.1, 0.15) is 11.1 Å². The Labute approximate surface area is 104 Å². The second kappa shape index (κ2) is 5.55. The van der Waals surface area contributed by atoms with Crippen LogP contribution in [0.3, 0.4) is 0 Å². The van der Waals surface area contributed by atoms with Gasteiger partial charge in [0.05, 0.1) is 11.8 Å². The number of terminal acetylenes is 1. The van der Waals surface area contributed by atoms with E-state index in [-0.39, 0.29) is 6.61 Å². The van der Waals surface area contributed by atoms with Gasteiger partial charge in [-0.25, -0.2) is 4.79 Å². The van der Waals surface area contributed by atoms with Crippen LogP contribution in [0.4, 0.5) is 10.6 Å². The lowest BCUT2D eigenvalue weighted by atomic mass is 10.2. The van der Waals surface area contributed by atoms with Gasteiger partial charge in [0.15, 0.2) is 0 Å². The van der Waals surface area contributed by atoms with E-state index in [1.165, 1.54) is 6.20 Å². The Bertz CT molecular complexity index is 569. The van der Waals surface area contributed by atoms with Gasteiger partial charge in [0.25, 0.3) is 0 Å². The Morgan fingerprint density at radius 2 is 2.22 bits per heavy atom. The Balaban J connectivity index is 1.88. The maximum Gasteiger partial charge on any atom is 0.413 e. The lowest BCUT2D eigenvalue weighted by molar-refractivity contribution is 0.155. The molecule has 0 spiro atoms. The number of carbonyl (C=O) groups is 1. The summed E-state index contributed by atoms with van der Waals surface area (Å²) in [7, 11) is 0. The van der Waals surface area contributed by atoms with Crippen molar-refractivity contribution in [3.63, 3.8) is 0 Å². The zero-order valence-electron chi connectivity index (χ0n) is 9.51. The van der Waals surface area contributed by atoms with Gasteiger partial charge in [-0.15, -0.1) is 6.42 Å². The molecule has 0 saturated carbocycles. The van der Waals surface area contributed by atoms with Gasteiger partial charge in [-0.1, -0.05) is 36.3 Å². The third-order valence-electron chi connectivity index (χ3n) is 2.23. The Morgan fingerprint density at radius 3 is 2.94 bits per heavy atom. The molecule has 2 rings (SSSR count). The first-order valence-electron chi connectivity index (χ1n) is 5.27. The molecule has 0 atom stereocenters. The summed E-state index contributed by atoms with van der Waals surface area (Å²) in [5, 5.41) is 8.80. The molecule has 0 radical (unpaired) electrons. The van der Waals surface area contributed by atoms with Gasteiger partial charge in [0.2, 0.25) is 0 Å². The average molecular weight is 241 g/mol. The van der Waals surface area contributed by atoms with E-state index in [2.05, 4.69) is 21.4 Å². The highest BCUT2D eigenvalue weighted by Crippen LogP contribution is 2.09. The minimum atomic E-state index is -0.584. The number of anilines is 1. The Morgan fingerprint density at radius 1 is 1.44 bits per heavy atom. The molecule has 0 unspecified atom stereocenters. The van der Waals surface area contributed by atoms with Crippen molar-refractivity contribution in [1.82, 2.24) is 10.2 Å². The van der Waals surface area contributed by atoms with Crippen molar-refractivity contribution < 1.29 is 9.53 Å². The normalized spacial score (nSPS) is 9.50. The smallest absolute Gasteiger partial charge is 0.413 e. The predicted octanol–water partition coefficient (Wildman–Crippen LogP) is 2.14. The molecule has 90 valence electrons. The number of aromatic amines is 1. The van der Waals surface area contributed by atoms with E-state index >= 15 is 0 Å². The van der Waals surface area contributed by atoms with Crippen molar-refractivity contribution in [3.8, 4) is 12.3 Å². The zero-order valence-corrected chi connectivity index (χ0v) is 9.51. The van der Waals surface area contributed by atoms with Crippen molar-refractivity contribution in [1.29, 1.82) is 0 Å². The van der Waals surface area contributed by atoms with Crippen LogP contribution >= 0.6 is 0 Å². The average Bonchev–Trinajstić information content (AvgIpc) is 2.85. The van der Waals surface area contributed by atoms with Crippen molar-refractivity contribution >= 4 is 11.9 Å². The van der Waals surface area contributed by atoms with Crippen LogP contribution in [0, 0.1) is 12.3 Å². The molecule has 0 aliphatic rings.